The van der Waals surface area contributed by atoms with Crippen molar-refractivity contribution in [2.45, 2.75) is 51.1 Å². The molecule has 1 aromatic rings. The predicted octanol–water partition coefficient (Wildman–Crippen LogP) is 2.95. The molecule has 2 aliphatic rings. The zero-order valence-corrected chi connectivity index (χ0v) is 13.9. The van der Waals surface area contributed by atoms with E-state index in [9.17, 15) is 4.79 Å². The van der Waals surface area contributed by atoms with E-state index in [2.05, 4.69) is 10.6 Å². The third-order valence-corrected chi connectivity index (χ3v) is 4.81. The van der Waals surface area contributed by atoms with Crippen LogP contribution in [0.1, 0.15) is 39.0 Å². The van der Waals surface area contributed by atoms with Crippen molar-refractivity contribution in [3.63, 3.8) is 0 Å². The number of carbonyl (C=O) groups is 1. The highest BCUT2D eigenvalue weighted by atomic mass is 16.5. The summed E-state index contributed by atoms with van der Waals surface area (Å²) in [5.74, 6) is 1.94. The number of carbonyl (C=O) groups excluding carboxylic acids is 1. The van der Waals surface area contributed by atoms with E-state index in [1.54, 1.807) is 7.11 Å². The van der Waals surface area contributed by atoms with Crippen molar-refractivity contribution in [3.05, 3.63) is 18.2 Å². The topological polar surface area (TPSA) is 59.6 Å². The van der Waals surface area contributed by atoms with Gasteiger partial charge in [-0.25, -0.2) is 0 Å². The molecular weight excluding hydrogens is 292 g/mol. The van der Waals surface area contributed by atoms with Crippen LogP contribution in [-0.2, 0) is 4.79 Å². The molecule has 1 amide bonds. The molecule has 2 saturated heterocycles. The fourth-order valence-corrected chi connectivity index (χ4v) is 3.82. The Balaban J connectivity index is 1.62. The number of piperidine rings is 1. The lowest BCUT2D eigenvalue weighted by molar-refractivity contribution is -0.117. The number of hydrogen-bond acceptors (Lipinski definition) is 4. The smallest absolute Gasteiger partial charge is 0.224 e. The summed E-state index contributed by atoms with van der Waals surface area (Å²) in [5.41, 5.74) is 0.688. The van der Waals surface area contributed by atoms with E-state index in [1.165, 1.54) is 12.8 Å². The summed E-state index contributed by atoms with van der Waals surface area (Å²) < 4.78 is 10.8. The van der Waals surface area contributed by atoms with Gasteiger partial charge in [-0.05, 0) is 50.7 Å². The fourth-order valence-electron chi connectivity index (χ4n) is 3.82. The highest BCUT2D eigenvalue weighted by molar-refractivity contribution is 5.92. The Morgan fingerprint density at radius 1 is 1.30 bits per heavy atom. The van der Waals surface area contributed by atoms with E-state index < -0.39 is 0 Å². The van der Waals surface area contributed by atoms with Gasteiger partial charge in [-0.2, -0.15) is 0 Å². The second-order valence-electron chi connectivity index (χ2n) is 6.52. The van der Waals surface area contributed by atoms with Crippen LogP contribution < -0.4 is 20.1 Å². The molecule has 5 nitrogen and oxygen atoms in total. The van der Waals surface area contributed by atoms with Crippen LogP contribution >= 0.6 is 0 Å². The van der Waals surface area contributed by atoms with Crippen molar-refractivity contribution in [1.29, 1.82) is 0 Å². The number of nitrogens with one attached hydrogen (secondary N) is 2. The number of amides is 1. The first-order valence-corrected chi connectivity index (χ1v) is 8.54. The maximum absolute atomic E-state index is 12.4. The van der Waals surface area contributed by atoms with Crippen molar-refractivity contribution < 1.29 is 14.3 Å². The monoisotopic (exact) mass is 318 g/mol. The molecule has 2 N–H and O–H groups in total. The molecule has 0 radical (unpaired) electrons. The SMILES string of the molecule is CCOc1ccc(OC)cc1NC(=O)CC1CC2CCC(C1)N2. The Hall–Kier alpha value is -1.75. The van der Waals surface area contributed by atoms with E-state index in [1.807, 2.05) is 25.1 Å². The van der Waals surface area contributed by atoms with Crippen LogP contribution in [0, 0.1) is 5.92 Å². The highest BCUT2D eigenvalue weighted by Gasteiger charge is 2.34. The van der Waals surface area contributed by atoms with E-state index in [4.69, 9.17) is 9.47 Å². The summed E-state index contributed by atoms with van der Waals surface area (Å²) in [6.45, 7) is 2.49. The number of benzene rings is 1. The lowest BCUT2D eigenvalue weighted by Gasteiger charge is -2.28. The molecule has 2 fully saturated rings. The molecular formula is C18H26N2O3. The van der Waals surface area contributed by atoms with Crippen molar-refractivity contribution in [2.24, 2.45) is 5.92 Å². The van der Waals surface area contributed by atoms with E-state index in [-0.39, 0.29) is 5.91 Å². The van der Waals surface area contributed by atoms with Crippen molar-refractivity contribution >= 4 is 11.6 Å². The molecule has 0 aliphatic carbocycles. The molecule has 2 aliphatic heterocycles. The Morgan fingerprint density at radius 2 is 2.04 bits per heavy atom. The predicted molar refractivity (Wildman–Crippen MR) is 90.1 cm³/mol. The maximum Gasteiger partial charge on any atom is 0.224 e. The van der Waals surface area contributed by atoms with Gasteiger partial charge in [0.25, 0.3) is 0 Å². The third-order valence-electron chi connectivity index (χ3n) is 4.81. The van der Waals surface area contributed by atoms with Crippen molar-refractivity contribution in [2.75, 3.05) is 19.0 Å². The molecule has 0 spiro atoms. The fraction of sp³-hybridized carbons (Fsp3) is 0.611. The van der Waals surface area contributed by atoms with Crippen LogP contribution in [0.2, 0.25) is 0 Å². The second-order valence-corrected chi connectivity index (χ2v) is 6.52. The molecule has 2 unspecified atom stereocenters. The van der Waals surface area contributed by atoms with Crippen LogP contribution in [0.5, 0.6) is 11.5 Å². The van der Waals surface area contributed by atoms with Gasteiger partial charge in [0, 0.05) is 24.6 Å². The zero-order valence-electron chi connectivity index (χ0n) is 13.9. The Kier molecular flexibility index (Phi) is 5.06. The van der Waals surface area contributed by atoms with Gasteiger partial charge in [0.1, 0.15) is 11.5 Å². The minimum absolute atomic E-state index is 0.0607. The van der Waals surface area contributed by atoms with Crippen LogP contribution in [-0.4, -0.2) is 31.7 Å². The van der Waals surface area contributed by atoms with Crippen LogP contribution in [0.25, 0.3) is 0 Å². The number of methoxy groups -OCH3 is 1. The number of fused-ring (bicyclic) bond motifs is 2. The van der Waals surface area contributed by atoms with Gasteiger partial charge in [0.2, 0.25) is 5.91 Å². The molecule has 126 valence electrons. The molecule has 2 atom stereocenters. The van der Waals surface area contributed by atoms with Crippen molar-refractivity contribution in [1.82, 2.24) is 5.32 Å². The Morgan fingerprint density at radius 3 is 2.70 bits per heavy atom. The lowest BCUT2D eigenvalue weighted by atomic mass is 9.89. The standard InChI is InChI=1S/C18H26N2O3/c1-3-23-17-7-6-15(22-2)11-16(17)20-18(21)10-12-8-13-4-5-14(9-12)19-13/h6-7,11-14,19H,3-5,8-10H2,1-2H3,(H,20,21). The molecule has 5 heteroatoms. The summed E-state index contributed by atoms with van der Waals surface area (Å²) in [6.07, 6.45) is 5.32. The van der Waals surface area contributed by atoms with E-state index in [0.29, 0.717) is 48.2 Å². The largest absolute Gasteiger partial charge is 0.497 e. The van der Waals surface area contributed by atoms with Gasteiger partial charge in [0.05, 0.1) is 19.4 Å². The lowest BCUT2D eigenvalue weighted by Crippen LogP contribution is -2.39. The van der Waals surface area contributed by atoms with Crippen molar-refractivity contribution in [3.8, 4) is 11.5 Å². The molecule has 0 saturated carbocycles. The number of rotatable bonds is 6. The first-order valence-electron chi connectivity index (χ1n) is 8.54. The quantitative estimate of drug-likeness (QED) is 0.846. The van der Waals surface area contributed by atoms with Crippen LogP contribution in [0.3, 0.4) is 0 Å². The van der Waals surface area contributed by atoms with Gasteiger partial charge in [0.15, 0.2) is 0 Å². The van der Waals surface area contributed by atoms with Crippen LogP contribution in [0.4, 0.5) is 5.69 Å². The van der Waals surface area contributed by atoms with E-state index >= 15 is 0 Å². The van der Waals surface area contributed by atoms with Crippen LogP contribution in [0.15, 0.2) is 18.2 Å². The van der Waals surface area contributed by atoms with Gasteiger partial charge < -0.3 is 20.1 Å². The summed E-state index contributed by atoms with van der Waals surface area (Å²) in [4.78, 5) is 12.4. The molecule has 2 bridgehead atoms. The molecule has 0 aromatic heterocycles. The summed E-state index contributed by atoms with van der Waals surface area (Å²) >= 11 is 0. The van der Waals surface area contributed by atoms with E-state index in [0.717, 1.165) is 12.8 Å². The molecule has 3 rings (SSSR count). The first-order chi connectivity index (χ1) is 11.2. The van der Waals surface area contributed by atoms with Gasteiger partial charge in [-0.15, -0.1) is 0 Å². The Labute approximate surface area is 137 Å². The van der Waals surface area contributed by atoms with Gasteiger partial charge >= 0.3 is 0 Å². The van der Waals surface area contributed by atoms with Gasteiger partial charge in [-0.3, -0.25) is 4.79 Å². The van der Waals surface area contributed by atoms with Gasteiger partial charge in [-0.1, -0.05) is 0 Å². The Bertz CT molecular complexity index is 549. The average molecular weight is 318 g/mol. The summed E-state index contributed by atoms with van der Waals surface area (Å²) in [5, 5.41) is 6.62. The number of ether oxygens (including phenoxy) is 2. The summed E-state index contributed by atoms with van der Waals surface area (Å²) in [7, 11) is 1.62. The minimum atomic E-state index is 0.0607. The highest BCUT2D eigenvalue weighted by Crippen LogP contribution is 2.34. The zero-order chi connectivity index (χ0) is 16.2. The molecule has 1 aromatic carbocycles. The third kappa shape index (κ3) is 3.96. The second kappa shape index (κ2) is 7.21. The summed E-state index contributed by atoms with van der Waals surface area (Å²) in [6, 6.07) is 6.72. The number of hydrogen-bond donors (Lipinski definition) is 2. The first kappa shape index (κ1) is 16.1. The molecule has 23 heavy (non-hydrogen) atoms. The average Bonchev–Trinajstić information content (AvgIpc) is 2.88. The maximum atomic E-state index is 12.4. The molecule has 2 heterocycles. The number of anilines is 1. The minimum Gasteiger partial charge on any atom is -0.497 e. The normalized spacial score (nSPS) is 25.9.